The van der Waals surface area contributed by atoms with Crippen LogP contribution >= 0.6 is 0 Å². The Bertz CT molecular complexity index is 402. The maximum Gasteiger partial charge on any atom is 0.360 e. The highest BCUT2D eigenvalue weighted by molar-refractivity contribution is 5.88. The van der Waals surface area contributed by atoms with Crippen molar-refractivity contribution in [1.82, 2.24) is 15.0 Å². The van der Waals surface area contributed by atoms with E-state index >= 15 is 0 Å². The van der Waals surface area contributed by atoms with E-state index in [1.807, 2.05) is 6.92 Å². The number of rotatable bonds is 8. The minimum Gasteiger partial charge on any atom is -0.464 e. The van der Waals surface area contributed by atoms with E-state index in [4.69, 9.17) is 4.74 Å². The van der Waals surface area contributed by atoms with Crippen LogP contribution in [0.5, 0.6) is 0 Å². The topological polar surface area (TPSA) is 66.2 Å². The summed E-state index contributed by atoms with van der Waals surface area (Å²) < 4.78 is 11.9. The summed E-state index contributed by atoms with van der Waals surface area (Å²) >= 11 is 0. The van der Waals surface area contributed by atoms with Gasteiger partial charge in [-0.2, -0.15) is 0 Å². The number of carbonyl (C=O) groups excluding carboxylic acids is 1. The number of hydrogen-bond acceptors (Lipinski definition) is 5. The Morgan fingerprint density at radius 3 is 2.68 bits per heavy atom. The van der Waals surface area contributed by atoms with Gasteiger partial charge in [0.2, 0.25) is 0 Å². The van der Waals surface area contributed by atoms with Gasteiger partial charge in [0.1, 0.15) is 0 Å². The van der Waals surface area contributed by atoms with Crippen LogP contribution in [0.2, 0.25) is 0 Å². The van der Waals surface area contributed by atoms with Gasteiger partial charge in [0.15, 0.2) is 5.69 Å². The molecule has 0 saturated heterocycles. The third-order valence-corrected chi connectivity index (χ3v) is 2.84. The predicted octanol–water partition coefficient (Wildman–Crippen LogP) is 1.69. The van der Waals surface area contributed by atoms with Crippen LogP contribution in [0, 0.1) is 5.92 Å². The molecule has 0 aromatic carbocycles. The molecule has 0 bridgehead atoms. The highest BCUT2D eigenvalue weighted by atomic mass is 16.5. The normalized spacial score (nSPS) is 11.0. The monoisotopic (exact) mass is 269 g/mol. The van der Waals surface area contributed by atoms with Crippen LogP contribution < -0.4 is 0 Å². The first-order valence-corrected chi connectivity index (χ1v) is 6.68. The number of methoxy groups -OCH3 is 1. The Hall–Kier alpha value is -1.43. The number of ether oxygens (including phenoxy) is 2. The summed E-state index contributed by atoms with van der Waals surface area (Å²) in [5.74, 6) is 0.201. The smallest absolute Gasteiger partial charge is 0.360 e. The van der Waals surface area contributed by atoms with Crippen molar-refractivity contribution in [2.45, 2.75) is 40.2 Å². The highest BCUT2D eigenvalue weighted by Gasteiger charge is 2.18. The molecule has 0 radical (unpaired) electrons. The molecule has 1 aromatic heterocycles. The first kappa shape index (κ1) is 15.6. The number of carbonyl (C=O) groups is 1. The number of esters is 1. The van der Waals surface area contributed by atoms with Crippen molar-refractivity contribution in [2.24, 2.45) is 5.92 Å². The molecule has 0 saturated carbocycles. The second-order valence-electron chi connectivity index (χ2n) is 4.75. The van der Waals surface area contributed by atoms with Crippen molar-refractivity contribution in [3.63, 3.8) is 0 Å². The van der Waals surface area contributed by atoms with Gasteiger partial charge in [-0.05, 0) is 18.8 Å². The van der Waals surface area contributed by atoms with Gasteiger partial charge in [-0.15, -0.1) is 5.10 Å². The molecule has 19 heavy (non-hydrogen) atoms. The fraction of sp³-hybridized carbons (Fsp3) is 0.769. The second kappa shape index (κ2) is 7.89. The average molecular weight is 269 g/mol. The Morgan fingerprint density at radius 2 is 2.11 bits per heavy atom. The van der Waals surface area contributed by atoms with Gasteiger partial charge in [0, 0.05) is 6.61 Å². The van der Waals surface area contributed by atoms with E-state index in [0.717, 1.165) is 18.7 Å². The Kier molecular flexibility index (Phi) is 6.49. The zero-order chi connectivity index (χ0) is 14.3. The van der Waals surface area contributed by atoms with Crippen LogP contribution in [-0.4, -0.2) is 41.3 Å². The number of nitrogens with zero attached hydrogens (tertiary/aromatic N) is 3. The lowest BCUT2D eigenvalue weighted by atomic mass is 10.1. The van der Waals surface area contributed by atoms with Crippen LogP contribution in [0.25, 0.3) is 0 Å². The summed E-state index contributed by atoms with van der Waals surface area (Å²) in [6.07, 6.45) is 1.73. The van der Waals surface area contributed by atoms with E-state index in [1.54, 1.807) is 4.68 Å². The summed E-state index contributed by atoms with van der Waals surface area (Å²) in [7, 11) is 1.34. The van der Waals surface area contributed by atoms with Gasteiger partial charge >= 0.3 is 5.97 Å². The fourth-order valence-electron chi connectivity index (χ4n) is 1.69. The molecule has 1 aromatic rings. The molecule has 1 rings (SSSR count). The van der Waals surface area contributed by atoms with Crippen molar-refractivity contribution in [3.05, 3.63) is 11.4 Å². The van der Waals surface area contributed by atoms with Gasteiger partial charge in [0.25, 0.3) is 0 Å². The van der Waals surface area contributed by atoms with E-state index < -0.39 is 5.97 Å². The van der Waals surface area contributed by atoms with Gasteiger partial charge in [-0.1, -0.05) is 26.0 Å². The SMILES string of the molecule is CCc1c(C(=O)OC)nnn1CCOCCC(C)C. The molecule has 108 valence electrons. The van der Waals surface area contributed by atoms with Crippen molar-refractivity contribution >= 4 is 5.97 Å². The predicted molar refractivity (Wildman–Crippen MR) is 71.0 cm³/mol. The third kappa shape index (κ3) is 4.63. The van der Waals surface area contributed by atoms with Crippen molar-refractivity contribution in [2.75, 3.05) is 20.3 Å². The minimum absolute atomic E-state index is 0.298. The standard InChI is InChI=1S/C13H23N3O3/c1-5-11-12(13(17)18-4)14-15-16(11)7-9-19-8-6-10(2)3/h10H,5-9H2,1-4H3. The first-order valence-electron chi connectivity index (χ1n) is 6.68. The minimum atomic E-state index is -0.441. The molecule has 0 amide bonds. The molecule has 0 unspecified atom stereocenters. The van der Waals surface area contributed by atoms with E-state index in [9.17, 15) is 4.79 Å². The van der Waals surface area contributed by atoms with Gasteiger partial charge in [-0.25, -0.2) is 9.48 Å². The lowest BCUT2D eigenvalue weighted by Gasteiger charge is -2.08. The Morgan fingerprint density at radius 1 is 1.37 bits per heavy atom. The zero-order valence-corrected chi connectivity index (χ0v) is 12.2. The summed E-state index contributed by atoms with van der Waals surface area (Å²) in [4.78, 5) is 11.5. The maximum atomic E-state index is 11.5. The van der Waals surface area contributed by atoms with Crippen LogP contribution in [0.4, 0.5) is 0 Å². The fourth-order valence-corrected chi connectivity index (χ4v) is 1.69. The quantitative estimate of drug-likeness (QED) is 0.530. The molecule has 0 fully saturated rings. The lowest BCUT2D eigenvalue weighted by Crippen LogP contribution is -2.13. The molecular weight excluding hydrogens is 246 g/mol. The molecule has 6 heteroatoms. The van der Waals surface area contributed by atoms with Crippen LogP contribution in [0.15, 0.2) is 0 Å². The van der Waals surface area contributed by atoms with E-state index in [-0.39, 0.29) is 0 Å². The third-order valence-electron chi connectivity index (χ3n) is 2.84. The Labute approximate surface area is 114 Å². The van der Waals surface area contributed by atoms with E-state index in [2.05, 4.69) is 28.9 Å². The zero-order valence-electron chi connectivity index (χ0n) is 12.2. The molecule has 0 aliphatic rings. The van der Waals surface area contributed by atoms with Gasteiger partial charge < -0.3 is 9.47 Å². The maximum absolute atomic E-state index is 11.5. The second-order valence-corrected chi connectivity index (χ2v) is 4.75. The van der Waals surface area contributed by atoms with E-state index in [0.29, 0.717) is 31.2 Å². The molecule has 1 heterocycles. The summed E-state index contributed by atoms with van der Waals surface area (Å²) in [6, 6.07) is 0. The highest BCUT2D eigenvalue weighted by Crippen LogP contribution is 2.08. The average Bonchev–Trinajstić information content (AvgIpc) is 2.80. The molecule has 6 nitrogen and oxygen atoms in total. The van der Waals surface area contributed by atoms with Crippen molar-refractivity contribution in [1.29, 1.82) is 0 Å². The van der Waals surface area contributed by atoms with Gasteiger partial charge in [0.05, 0.1) is 26.0 Å². The molecule has 0 aliphatic heterocycles. The molecule has 0 spiro atoms. The number of hydrogen-bond donors (Lipinski definition) is 0. The van der Waals surface area contributed by atoms with Crippen molar-refractivity contribution in [3.8, 4) is 0 Å². The molecule has 0 N–H and O–H groups in total. The lowest BCUT2D eigenvalue weighted by molar-refractivity contribution is 0.0592. The van der Waals surface area contributed by atoms with Gasteiger partial charge in [-0.3, -0.25) is 0 Å². The van der Waals surface area contributed by atoms with E-state index in [1.165, 1.54) is 7.11 Å². The van der Waals surface area contributed by atoms with Crippen molar-refractivity contribution < 1.29 is 14.3 Å². The first-order chi connectivity index (χ1) is 9.10. The summed E-state index contributed by atoms with van der Waals surface area (Å²) in [6.45, 7) is 8.21. The molecule has 0 atom stereocenters. The summed E-state index contributed by atoms with van der Waals surface area (Å²) in [5, 5.41) is 7.84. The summed E-state index contributed by atoms with van der Waals surface area (Å²) in [5.41, 5.74) is 1.09. The van der Waals surface area contributed by atoms with Crippen LogP contribution in [0.1, 0.15) is 43.4 Å². The van der Waals surface area contributed by atoms with Crippen LogP contribution in [0.3, 0.4) is 0 Å². The molecule has 0 aliphatic carbocycles. The molecular formula is C13H23N3O3. The Balaban J connectivity index is 2.50. The largest absolute Gasteiger partial charge is 0.464 e. The number of aromatic nitrogens is 3. The van der Waals surface area contributed by atoms with Crippen LogP contribution in [-0.2, 0) is 22.4 Å².